The number of ether oxygens (including phenoxy) is 1. The highest BCUT2D eigenvalue weighted by Crippen LogP contribution is 2.26. The molecule has 4 nitrogen and oxygen atoms in total. The summed E-state index contributed by atoms with van der Waals surface area (Å²) >= 11 is 11.1. The molecule has 1 aromatic rings. The first-order chi connectivity index (χ1) is 6.95. The normalized spacial score (nSPS) is 11.4. The van der Waals surface area contributed by atoms with Crippen LogP contribution in [-0.4, -0.2) is 20.9 Å². The molecule has 0 saturated heterocycles. The van der Waals surface area contributed by atoms with Gasteiger partial charge in [0.15, 0.2) is 0 Å². The number of halogens is 2. The van der Waals surface area contributed by atoms with Crippen LogP contribution in [0.3, 0.4) is 0 Å². The number of nitrogens with two attached hydrogens (primary N) is 1. The molecule has 0 bridgehead atoms. The number of alkyl halides is 1. The first kappa shape index (κ1) is 12.6. The summed E-state index contributed by atoms with van der Waals surface area (Å²) in [6.07, 6.45) is 0. The van der Waals surface area contributed by atoms with E-state index in [0.717, 1.165) is 0 Å². The molecule has 0 unspecified atom stereocenters. The third-order valence-electron chi connectivity index (χ3n) is 1.55. The lowest BCUT2D eigenvalue weighted by molar-refractivity contribution is 0.333. The second-order valence-electron chi connectivity index (χ2n) is 2.67. The lowest BCUT2D eigenvalue weighted by Gasteiger charge is -2.08. The van der Waals surface area contributed by atoms with E-state index in [9.17, 15) is 8.42 Å². The monoisotopic (exact) mass is 269 g/mol. The molecular formula is C8H9Cl2NO3S. The average molecular weight is 270 g/mol. The van der Waals surface area contributed by atoms with Crippen LogP contribution < -0.4 is 9.88 Å². The molecule has 1 rings (SSSR count). The molecule has 84 valence electrons. The van der Waals surface area contributed by atoms with Gasteiger partial charge < -0.3 is 4.74 Å². The summed E-state index contributed by atoms with van der Waals surface area (Å²) in [4.78, 5) is -0.139. The third-order valence-corrected chi connectivity index (χ3v) is 2.87. The van der Waals surface area contributed by atoms with Gasteiger partial charge in [-0.05, 0) is 18.2 Å². The molecule has 0 aliphatic heterocycles. The van der Waals surface area contributed by atoms with Crippen LogP contribution in [0.2, 0.25) is 5.02 Å². The molecule has 0 fully saturated rings. The number of rotatable bonds is 4. The quantitative estimate of drug-likeness (QED) is 0.845. The Balaban J connectivity index is 3.15. The minimum atomic E-state index is -3.84. The molecular weight excluding hydrogens is 261 g/mol. The van der Waals surface area contributed by atoms with Gasteiger partial charge in [0, 0.05) is 5.02 Å². The zero-order valence-corrected chi connectivity index (χ0v) is 9.94. The lowest BCUT2D eigenvalue weighted by atomic mass is 10.3. The van der Waals surface area contributed by atoms with Gasteiger partial charge in [-0.2, -0.15) is 0 Å². The molecule has 7 heteroatoms. The number of hydrogen-bond acceptors (Lipinski definition) is 3. The summed E-state index contributed by atoms with van der Waals surface area (Å²) in [6, 6.07) is 4.19. The van der Waals surface area contributed by atoms with E-state index < -0.39 is 10.0 Å². The zero-order valence-electron chi connectivity index (χ0n) is 7.61. The molecule has 2 N–H and O–H groups in total. The molecule has 0 radical (unpaired) electrons. The predicted octanol–water partition coefficient (Wildman–Crippen LogP) is 1.61. The Morgan fingerprint density at radius 1 is 1.40 bits per heavy atom. The van der Waals surface area contributed by atoms with Gasteiger partial charge in [0.2, 0.25) is 10.0 Å². The Hall–Kier alpha value is -0.490. The van der Waals surface area contributed by atoms with Crippen LogP contribution in [0.5, 0.6) is 5.75 Å². The number of primary sulfonamides is 1. The van der Waals surface area contributed by atoms with E-state index in [-0.39, 0.29) is 28.2 Å². The first-order valence-corrected chi connectivity index (χ1v) is 6.42. The van der Waals surface area contributed by atoms with E-state index in [1.54, 1.807) is 0 Å². The highest BCUT2D eigenvalue weighted by atomic mass is 35.5. The molecule has 0 amide bonds. The maximum Gasteiger partial charge on any atom is 0.241 e. The van der Waals surface area contributed by atoms with Crippen LogP contribution >= 0.6 is 23.2 Å². The Morgan fingerprint density at radius 3 is 2.60 bits per heavy atom. The van der Waals surface area contributed by atoms with Crippen LogP contribution in [0.15, 0.2) is 23.1 Å². The van der Waals surface area contributed by atoms with Crippen LogP contribution in [0, 0.1) is 0 Å². The number of sulfonamides is 1. The Morgan fingerprint density at radius 2 is 2.07 bits per heavy atom. The molecule has 0 atom stereocenters. The van der Waals surface area contributed by atoms with Gasteiger partial charge in [0.1, 0.15) is 17.3 Å². The van der Waals surface area contributed by atoms with E-state index in [1.807, 2.05) is 0 Å². The third kappa shape index (κ3) is 3.53. The predicted molar refractivity (Wildman–Crippen MR) is 59.0 cm³/mol. The van der Waals surface area contributed by atoms with E-state index >= 15 is 0 Å². The van der Waals surface area contributed by atoms with E-state index in [0.29, 0.717) is 0 Å². The van der Waals surface area contributed by atoms with Crippen molar-refractivity contribution in [2.45, 2.75) is 4.90 Å². The van der Waals surface area contributed by atoms with Crippen LogP contribution in [0.25, 0.3) is 0 Å². The fraction of sp³-hybridized carbons (Fsp3) is 0.250. The Kier molecular flexibility index (Phi) is 4.21. The molecule has 0 aliphatic rings. The average Bonchev–Trinajstić information content (AvgIpc) is 2.14. The van der Waals surface area contributed by atoms with Gasteiger partial charge in [-0.1, -0.05) is 11.6 Å². The smallest absolute Gasteiger partial charge is 0.241 e. The first-order valence-electron chi connectivity index (χ1n) is 3.96. The van der Waals surface area contributed by atoms with Gasteiger partial charge in [0.05, 0.1) is 5.88 Å². The van der Waals surface area contributed by atoms with Gasteiger partial charge in [0.25, 0.3) is 0 Å². The second-order valence-corrected chi connectivity index (χ2v) is 5.02. The Labute approximate surface area is 98.0 Å². The van der Waals surface area contributed by atoms with Gasteiger partial charge in [-0.3, -0.25) is 0 Å². The van der Waals surface area contributed by atoms with Crippen molar-refractivity contribution >= 4 is 33.2 Å². The standard InChI is InChI=1S/C8H9Cl2NO3S/c9-3-4-14-7-2-1-6(10)5-8(7)15(11,12)13/h1-2,5H,3-4H2,(H2,11,12,13). The van der Waals surface area contributed by atoms with Gasteiger partial charge >= 0.3 is 0 Å². The van der Waals surface area contributed by atoms with Crippen molar-refractivity contribution in [3.8, 4) is 5.75 Å². The van der Waals surface area contributed by atoms with Crippen LogP contribution in [-0.2, 0) is 10.0 Å². The summed E-state index contributed by atoms with van der Waals surface area (Å²) in [6.45, 7) is 0.200. The SMILES string of the molecule is NS(=O)(=O)c1cc(Cl)ccc1OCCCl. The summed E-state index contributed by atoms with van der Waals surface area (Å²) in [5.41, 5.74) is 0. The summed E-state index contributed by atoms with van der Waals surface area (Å²) in [5, 5.41) is 5.27. The molecule has 0 saturated carbocycles. The maximum atomic E-state index is 11.2. The van der Waals surface area contributed by atoms with Crippen molar-refractivity contribution in [1.29, 1.82) is 0 Å². The van der Waals surface area contributed by atoms with Crippen molar-refractivity contribution in [2.24, 2.45) is 5.14 Å². The fourth-order valence-electron chi connectivity index (χ4n) is 0.972. The fourth-order valence-corrected chi connectivity index (χ4v) is 1.98. The number of hydrogen-bond donors (Lipinski definition) is 1. The van der Waals surface area contributed by atoms with Crippen molar-refractivity contribution in [2.75, 3.05) is 12.5 Å². The second kappa shape index (κ2) is 5.03. The van der Waals surface area contributed by atoms with E-state index in [4.69, 9.17) is 33.1 Å². The van der Waals surface area contributed by atoms with Crippen molar-refractivity contribution in [1.82, 2.24) is 0 Å². The highest BCUT2D eigenvalue weighted by Gasteiger charge is 2.15. The minimum Gasteiger partial charge on any atom is -0.491 e. The molecule has 15 heavy (non-hydrogen) atoms. The van der Waals surface area contributed by atoms with Crippen molar-refractivity contribution in [3.63, 3.8) is 0 Å². The maximum absolute atomic E-state index is 11.2. The van der Waals surface area contributed by atoms with Crippen molar-refractivity contribution in [3.05, 3.63) is 23.2 Å². The van der Waals surface area contributed by atoms with Crippen molar-refractivity contribution < 1.29 is 13.2 Å². The summed E-state index contributed by atoms with van der Waals surface area (Å²) in [5.74, 6) is 0.412. The minimum absolute atomic E-state index is 0.139. The van der Waals surface area contributed by atoms with E-state index in [1.165, 1.54) is 18.2 Å². The molecule has 0 spiro atoms. The molecule has 0 aliphatic carbocycles. The molecule has 0 heterocycles. The van der Waals surface area contributed by atoms with E-state index in [2.05, 4.69) is 0 Å². The van der Waals surface area contributed by atoms with Gasteiger partial charge in [-0.15, -0.1) is 11.6 Å². The topological polar surface area (TPSA) is 69.4 Å². The van der Waals surface area contributed by atoms with Crippen LogP contribution in [0.4, 0.5) is 0 Å². The largest absolute Gasteiger partial charge is 0.491 e. The zero-order chi connectivity index (χ0) is 11.5. The molecule has 0 aromatic heterocycles. The molecule has 1 aromatic carbocycles. The Bertz CT molecular complexity index is 447. The van der Waals surface area contributed by atoms with Crippen LogP contribution in [0.1, 0.15) is 0 Å². The summed E-state index contributed by atoms with van der Waals surface area (Å²) < 4.78 is 27.5. The van der Waals surface area contributed by atoms with Gasteiger partial charge in [-0.25, -0.2) is 13.6 Å². The highest BCUT2D eigenvalue weighted by molar-refractivity contribution is 7.89. The summed E-state index contributed by atoms with van der Waals surface area (Å²) in [7, 11) is -3.84. The number of benzene rings is 1. The lowest BCUT2D eigenvalue weighted by Crippen LogP contribution is -2.14.